The van der Waals surface area contributed by atoms with Gasteiger partial charge in [-0.2, -0.15) is 0 Å². The molecular weight excluding hydrogens is 382 g/mol. The molecule has 2 heterocycles. The van der Waals surface area contributed by atoms with Crippen LogP contribution in [0.2, 0.25) is 0 Å². The molecule has 0 unspecified atom stereocenters. The number of anilines is 2. The van der Waals surface area contributed by atoms with Crippen LogP contribution in [0.25, 0.3) is 0 Å². The second kappa shape index (κ2) is 9.01. The molecule has 1 aromatic heterocycles. The van der Waals surface area contributed by atoms with E-state index >= 15 is 0 Å². The van der Waals surface area contributed by atoms with Crippen molar-refractivity contribution in [1.82, 2.24) is 10.2 Å². The Morgan fingerprint density at radius 2 is 2.00 bits per heavy atom. The van der Waals surface area contributed by atoms with Crippen LogP contribution in [0.3, 0.4) is 0 Å². The van der Waals surface area contributed by atoms with Gasteiger partial charge >= 0.3 is 0 Å². The molecule has 1 saturated carbocycles. The van der Waals surface area contributed by atoms with Crippen molar-refractivity contribution < 1.29 is 14.4 Å². The molecule has 1 saturated heterocycles. The Bertz CT molecular complexity index is 757. The molecule has 1 amide bonds. The summed E-state index contributed by atoms with van der Waals surface area (Å²) in [7, 11) is 0. The van der Waals surface area contributed by atoms with E-state index in [1.165, 1.54) is 41.5 Å². The molecule has 2 aromatic rings. The molecule has 144 valence electrons. The van der Waals surface area contributed by atoms with E-state index in [2.05, 4.69) is 33.0 Å². The van der Waals surface area contributed by atoms with Gasteiger partial charge in [0, 0.05) is 17.3 Å². The Kier molecular flexibility index (Phi) is 6.23. The summed E-state index contributed by atoms with van der Waals surface area (Å²) in [6.07, 6.45) is 2.41. The fourth-order valence-corrected chi connectivity index (χ4v) is 4.51. The number of ether oxygens (including phenoxy) is 1. The summed E-state index contributed by atoms with van der Waals surface area (Å²) in [6, 6.07) is 8.69. The number of nitrogens with one attached hydrogen (secondary N) is 3. The zero-order chi connectivity index (χ0) is 18.5. The number of carbonyl (C=O) groups excluding carboxylic acids is 1. The molecular formula is C18H24N5O2S2+. The maximum absolute atomic E-state index is 12.2. The summed E-state index contributed by atoms with van der Waals surface area (Å²) in [5.41, 5.74) is 2.11. The smallest absolute Gasteiger partial charge is 0.234 e. The number of hydrogen-bond donors (Lipinski definition) is 3. The van der Waals surface area contributed by atoms with E-state index in [-0.39, 0.29) is 5.91 Å². The fraction of sp³-hybridized carbons (Fsp3) is 0.500. The number of benzene rings is 1. The van der Waals surface area contributed by atoms with Crippen LogP contribution in [0.15, 0.2) is 28.6 Å². The van der Waals surface area contributed by atoms with E-state index in [1.807, 2.05) is 12.1 Å². The van der Waals surface area contributed by atoms with E-state index in [0.29, 0.717) is 11.8 Å². The third kappa shape index (κ3) is 5.90. The van der Waals surface area contributed by atoms with Crippen molar-refractivity contribution in [2.45, 2.75) is 29.8 Å². The van der Waals surface area contributed by atoms with Crippen LogP contribution in [-0.4, -0.2) is 54.2 Å². The summed E-state index contributed by atoms with van der Waals surface area (Å²) < 4.78 is 6.21. The SMILES string of the molecule is O=C(CSc1nnc(NC2CC2)s1)Nc1ccc(C[NH+]2CCOCC2)cc1. The average molecular weight is 407 g/mol. The van der Waals surface area contributed by atoms with Gasteiger partial charge in [0.15, 0.2) is 4.34 Å². The monoisotopic (exact) mass is 406 g/mol. The van der Waals surface area contributed by atoms with Gasteiger partial charge < -0.3 is 20.3 Å². The van der Waals surface area contributed by atoms with Crippen LogP contribution in [0.4, 0.5) is 10.8 Å². The number of rotatable bonds is 8. The highest BCUT2D eigenvalue weighted by Crippen LogP contribution is 2.30. The first kappa shape index (κ1) is 18.7. The van der Waals surface area contributed by atoms with Crippen molar-refractivity contribution in [3.05, 3.63) is 29.8 Å². The lowest BCUT2D eigenvalue weighted by Crippen LogP contribution is -3.12. The third-order valence-electron chi connectivity index (χ3n) is 4.53. The topological polar surface area (TPSA) is 80.6 Å². The van der Waals surface area contributed by atoms with Gasteiger partial charge in [-0.3, -0.25) is 4.79 Å². The molecule has 2 fully saturated rings. The second-order valence-corrected chi connectivity index (χ2v) is 9.06. The number of aromatic nitrogens is 2. The lowest BCUT2D eigenvalue weighted by Gasteiger charge is -2.23. The van der Waals surface area contributed by atoms with Crippen molar-refractivity contribution in [3.63, 3.8) is 0 Å². The molecule has 9 heteroatoms. The summed E-state index contributed by atoms with van der Waals surface area (Å²) in [6.45, 7) is 4.79. The number of quaternary nitrogens is 1. The van der Waals surface area contributed by atoms with Gasteiger partial charge in [0.25, 0.3) is 0 Å². The van der Waals surface area contributed by atoms with Gasteiger partial charge in [0.05, 0.1) is 19.0 Å². The van der Waals surface area contributed by atoms with Crippen molar-refractivity contribution in [3.8, 4) is 0 Å². The fourth-order valence-electron chi connectivity index (χ4n) is 2.88. The zero-order valence-electron chi connectivity index (χ0n) is 15.1. The lowest BCUT2D eigenvalue weighted by atomic mass is 10.2. The van der Waals surface area contributed by atoms with Crippen molar-refractivity contribution >= 4 is 39.8 Å². The highest BCUT2D eigenvalue weighted by molar-refractivity contribution is 8.01. The van der Waals surface area contributed by atoms with Gasteiger partial charge in [0.2, 0.25) is 11.0 Å². The van der Waals surface area contributed by atoms with Crippen LogP contribution < -0.4 is 15.5 Å². The number of nitrogens with zero attached hydrogens (tertiary/aromatic N) is 2. The highest BCUT2D eigenvalue weighted by Gasteiger charge is 2.22. The second-order valence-electron chi connectivity index (χ2n) is 6.86. The van der Waals surface area contributed by atoms with Gasteiger partial charge in [-0.25, -0.2) is 0 Å². The Balaban J connectivity index is 1.21. The quantitative estimate of drug-likeness (QED) is 0.573. The highest BCUT2D eigenvalue weighted by atomic mass is 32.2. The number of morpholine rings is 1. The van der Waals surface area contributed by atoms with E-state index in [1.54, 1.807) is 4.90 Å². The van der Waals surface area contributed by atoms with E-state index in [9.17, 15) is 4.79 Å². The van der Waals surface area contributed by atoms with Crippen LogP contribution >= 0.6 is 23.1 Å². The van der Waals surface area contributed by atoms with E-state index in [0.717, 1.165) is 48.0 Å². The summed E-state index contributed by atoms with van der Waals surface area (Å²) in [5, 5.41) is 15.3. The van der Waals surface area contributed by atoms with Gasteiger partial charge in [-0.05, 0) is 25.0 Å². The van der Waals surface area contributed by atoms with Crippen LogP contribution in [0, 0.1) is 0 Å². The van der Waals surface area contributed by atoms with Crippen molar-refractivity contribution in [2.75, 3.05) is 42.7 Å². The molecule has 0 bridgehead atoms. The third-order valence-corrected chi connectivity index (χ3v) is 6.52. The summed E-state index contributed by atoms with van der Waals surface area (Å²) in [5.74, 6) is 0.302. The molecule has 0 radical (unpaired) electrons. The van der Waals surface area contributed by atoms with Crippen molar-refractivity contribution in [1.29, 1.82) is 0 Å². The minimum absolute atomic E-state index is 0.0292. The first-order valence-corrected chi connectivity index (χ1v) is 11.1. The Morgan fingerprint density at radius 1 is 1.22 bits per heavy atom. The Morgan fingerprint density at radius 3 is 2.74 bits per heavy atom. The largest absolute Gasteiger partial charge is 0.370 e. The first-order valence-electron chi connectivity index (χ1n) is 9.27. The minimum Gasteiger partial charge on any atom is -0.370 e. The van der Waals surface area contributed by atoms with E-state index < -0.39 is 0 Å². The lowest BCUT2D eigenvalue weighted by molar-refractivity contribution is -0.921. The van der Waals surface area contributed by atoms with Crippen LogP contribution in [-0.2, 0) is 16.1 Å². The molecule has 1 aliphatic carbocycles. The van der Waals surface area contributed by atoms with Crippen LogP contribution in [0.5, 0.6) is 0 Å². The summed E-state index contributed by atoms with van der Waals surface area (Å²) in [4.78, 5) is 13.7. The number of thioether (sulfide) groups is 1. The van der Waals surface area contributed by atoms with Crippen LogP contribution in [0.1, 0.15) is 18.4 Å². The molecule has 1 aliphatic heterocycles. The normalized spacial score (nSPS) is 17.6. The molecule has 2 aliphatic rings. The summed E-state index contributed by atoms with van der Waals surface area (Å²) >= 11 is 2.93. The maximum atomic E-state index is 12.2. The van der Waals surface area contributed by atoms with Gasteiger partial charge in [-0.1, -0.05) is 35.2 Å². The number of carbonyl (C=O) groups is 1. The predicted molar refractivity (Wildman–Crippen MR) is 108 cm³/mol. The first-order chi connectivity index (χ1) is 13.2. The van der Waals surface area contributed by atoms with Crippen molar-refractivity contribution in [2.24, 2.45) is 0 Å². The molecule has 0 atom stereocenters. The number of amides is 1. The standard InChI is InChI=1S/C18H23N5O2S2/c24-16(12-26-18-22-21-17(27-18)20-15-5-6-15)19-14-3-1-13(2-4-14)11-23-7-9-25-10-8-23/h1-4,15H,5-12H2,(H,19,24)(H,20,21)/p+1. The molecule has 7 nitrogen and oxygen atoms in total. The van der Waals surface area contributed by atoms with E-state index in [4.69, 9.17) is 4.74 Å². The molecule has 1 aromatic carbocycles. The zero-order valence-corrected chi connectivity index (χ0v) is 16.7. The minimum atomic E-state index is -0.0292. The predicted octanol–water partition coefficient (Wildman–Crippen LogP) is 1.26. The maximum Gasteiger partial charge on any atom is 0.234 e. The molecule has 3 N–H and O–H groups in total. The Labute approximate surface area is 166 Å². The molecule has 0 spiro atoms. The molecule has 4 rings (SSSR count). The number of hydrogen-bond acceptors (Lipinski definition) is 7. The molecule has 27 heavy (non-hydrogen) atoms. The van der Waals surface area contributed by atoms with Gasteiger partial charge in [0.1, 0.15) is 19.6 Å². The van der Waals surface area contributed by atoms with Gasteiger partial charge in [-0.15, -0.1) is 10.2 Å². The Hall–Kier alpha value is -1.68. The average Bonchev–Trinajstić information content (AvgIpc) is 3.39.